The molecule has 3 aromatic rings. The molecule has 3 aliphatic carbocycles. The summed E-state index contributed by atoms with van der Waals surface area (Å²) in [4.78, 5) is 69.6. The van der Waals surface area contributed by atoms with E-state index in [1.807, 2.05) is 6.92 Å². The minimum Gasteiger partial charge on any atom is -0.455 e. The third-order valence-corrected chi connectivity index (χ3v) is 14.1. The zero-order chi connectivity index (χ0) is 44.9. The first-order chi connectivity index (χ1) is 29.3. The average Bonchev–Trinajstić information content (AvgIpc) is 3.24. The smallest absolute Gasteiger partial charge is 0.338 e. The van der Waals surface area contributed by atoms with E-state index in [0.29, 0.717) is 16.7 Å². The Balaban J connectivity index is 1.38. The Morgan fingerprint density at radius 3 is 1.97 bits per heavy atom. The van der Waals surface area contributed by atoms with Crippen molar-refractivity contribution in [3.8, 4) is 0 Å². The second-order valence-electron chi connectivity index (χ2n) is 17.9. The summed E-state index contributed by atoms with van der Waals surface area (Å²) in [6.45, 7) is 10.6. The lowest BCUT2D eigenvalue weighted by Crippen LogP contribution is -2.81. The third kappa shape index (κ3) is 7.45. The number of Topliss-reactive ketones (excluding diaryl/α,β-unsaturated/α-hetero) is 1. The number of aliphatic hydroxyl groups excluding tert-OH is 2. The lowest BCUT2D eigenvalue weighted by molar-refractivity contribution is -0.341. The molecule has 0 unspecified atom stereocenters. The predicted molar refractivity (Wildman–Crippen MR) is 222 cm³/mol. The van der Waals surface area contributed by atoms with Crippen molar-refractivity contribution in [1.82, 2.24) is 5.32 Å². The summed E-state index contributed by atoms with van der Waals surface area (Å²) < 4.78 is 31.1. The number of carbonyl (C=O) groups excluding carboxylic acids is 5. The van der Waals surface area contributed by atoms with Gasteiger partial charge in [0.2, 0.25) is 0 Å². The van der Waals surface area contributed by atoms with Gasteiger partial charge in [-0.15, -0.1) is 0 Å². The van der Waals surface area contributed by atoms with E-state index in [2.05, 4.69) is 5.32 Å². The van der Waals surface area contributed by atoms with Crippen molar-refractivity contribution in [1.29, 1.82) is 0 Å². The maximum atomic E-state index is 15.7. The van der Waals surface area contributed by atoms with Gasteiger partial charge in [-0.2, -0.15) is 0 Å². The molecule has 14 heteroatoms. The zero-order valence-corrected chi connectivity index (χ0v) is 35.9. The van der Waals surface area contributed by atoms with Gasteiger partial charge >= 0.3 is 17.9 Å². The molecule has 14 nitrogen and oxygen atoms in total. The Morgan fingerprint density at radius 1 is 0.839 bits per heavy atom. The lowest BCUT2D eigenvalue weighted by Gasteiger charge is -2.68. The summed E-state index contributed by atoms with van der Waals surface area (Å²) in [6.07, 6.45) is -9.36. The molecular weight excluding hydrogens is 799 g/mol. The molecule has 2 bridgehead atoms. The van der Waals surface area contributed by atoms with Crippen LogP contribution in [0.4, 0.5) is 0 Å². The summed E-state index contributed by atoms with van der Waals surface area (Å²) in [5.41, 5.74) is -5.61. The summed E-state index contributed by atoms with van der Waals surface area (Å²) in [7, 11) is 0. The number of ketones is 1. The number of fused-ring (bicyclic) bond motifs is 5. The first-order valence-electron chi connectivity index (χ1n) is 20.9. The second kappa shape index (κ2) is 16.8. The molecule has 2 saturated carbocycles. The topological polar surface area (TPSA) is 204 Å². The summed E-state index contributed by atoms with van der Waals surface area (Å²) in [5.74, 6) is -5.27. The van der Waals surface area contributed by atoms with Gasteiger partial charge < -0.3 is 44.3 Å². The van der Waals surface area contributed by atoms with Gasteiger partial charge in [-0.1, -0.05) is 94.4 Å². The SMILES string of the molecule is CC(=O)O[C@H]1C(=O)[C@@]2(C)[C@@H](C)C[C@H]3OC[C@@]3(OC(C)=O)[C@@H]2[C@H](OC(=O)c2ccccc2)[C@]2(O)C[C@H](O[C@H](O)[C@H](O)[C@@H](NC(=O)c3ccccc3)c3ccccc3)C(C)=C1C2(C)C. The van der Waals surface area contributed by atoms with Crippen molar-refractivity contribution >= 4 is 29.6 Å². The minimum absolute atomic E-state index is 0.146. The molecule has 3 aromatic carbocycles. The number of benzene rings is 3. The monoisotopic (exact) mass is 853 g/mol. The molecule has 4 aliphatic rings. The van der Waals surface area contributed by atoms with Crippen LogP contribution < -0.4 is 5.32 Å². The Bertz CT molecular complexity index is 2230. The van der Waals surface area contributed by atoms with E-state index in [0.717, 1.165) is 6.92 Å². The second-order valence-corrected chi connectivity index (χ2v) is 17.9. The predicted octanol–water partition coefficient (Wildman–Crippen LogP) is 4.80. The molecule has 0 radical (unpaired) electrons. The quantitative estimate of drug-likeness (QED) is 0.0887. The van der Waals surface area contributed by atoms with E-state index in [4.69, 9.17) is 23.7 Å². The number of nitrogens with one attached hydrogen (secondary N) is 1. The Hall–Kier alpha value is -5.25. The Morgan fingerprint density at radius 2 is 1.42 bits per heavy atom. The van der Waals surface area contributed by atoms with Gasteiger partial charge in [0.05, 0.1) is 30.2 Å². The fraction of sp³-hybridized carbons (Fsp3) is 0.479. The first kappa shape index (κ1) is 44.8. The van der Waals surface area contributed by atoms with Crippen molar-refractivity contribution in [2.24, 2.45) is 22.7 Å². The molecule has 1 amide bonds. The fourth-order valence-electron chi connectivity index (χ4n) is 10.6. The molecule has 7 rings (SSSR count). The Labute approximate surface area is 360 Å². The highest BCUT2D eigenvalue weighted by molar-refractivity contribution is 5.96. The van der Waals surface area contributed by atoms with E-state index < -0.39 is 113 Å². The number of aliphatic hydroxyl groups is 3. The average molecular weight is 854 g/mol. The highest BCUT2D eigenvalue weighted by Crippen LogP contribution is 2.65. The van der Waals surface area contributed by atoms with E-state index in [1.54, 1.807) is 119 Å². The van der Waals surface area contributed by atoms with Crippen LogP contribution in [0.5, 0.6) is 0 Å². The molecule has 0 aromatic heterocycles. The van der Waals surface area contributed by atoms with Crippen molar-refractivity contribution in [3.05, 3.63) is 119 Å². The standard InChI is InChI=1S/C48H55NO13/c1-26-23-34-47(25-58-34,62-29(4)51)39-41(61-43(55)32-21-15-10-16-22-32)48(57)24-33(27(2)35(45(48,5)6)38(59-28(3)50)40(53)46(26,39)7)60-44(56)37(52)36(30-17-11-8-12-18-30)49-42(54)31-19-13-9-14-20-31/h8-22,26,33-34,36-39,41,44,52,56-57H,23-25H2,1-7H3,(H,49,54)/t26-,33-,34+,36-,37+,38+,39+,41-,44-,46-,47-,48+/m0/s1. The number of hydrogen-bond donors (Lipinski definition) is 4. The molecule has 1 saturated heterocycles. The van der Waals surface area contributed by atoms with E-state index in [1.165, 1.54) is 6.92 Å². The highest BCUT2D eigenvalue weighted by Gasteiger charge is 2.77. The van der Waals surface area contributed by atoms with Gasteiger partial charge in [-0.05, 0) is 60.2 Å². The lowest BCUT2D eigenvalue weighted by atomic mass is 9.43. The number of esters is 3. The van der Waals surface area contributed by atoms with Gasteiger partial charge in [0, 0.05) is 36.7 Å². The summed E-state index contributed by atoms with van der Waals surface area (Å²) >= 11 is 0. The third-order valence-electron chi connectivity index (χ3n) is 14.1. The van der Waals surface area contributed by atoms with Crippen LogP contribution in [-0.4, -0.2) is 99.5 Å². The van der Waals surface area contributed by atoms with Gasteiger partial charge in [0.1, 0.15) is 23.9 Å². The normalized spacial score (nSPS) is 32.5. The number of rotatable bonds is 11. The first-order valence-corrected chi connectivity index (χ1v) is 20.9. The zero-order valence-electron chi connectivity index (χ0n) is 35.9. The van der Waals surface area contributed by atoms with Crippen molar-refractivity contribution in [2.75, 3.05) is 6.61 Å². The van der Waals surface area contributed by atoms with Crippen LogP contribution in [0, 0.1) is 22.7 Å². The number of amides is 1. The van der Waals surface area contributed by atoms with Crippen LogP contribution in [0.3, 0.4) is 0 Å². The van der Waals surface area contributed by atoms with Crippen LogP contribution >= 0.6 is 0 Å². The maximum absolute atomic E-state index is 15.7. The van der Waals surface area contributed by atoms with Gasteiger partial charge in [0.15, 0.2) is 23.8 Å². The van der Waals surface area contributed by atoms with Crippen molar-refractivity contribution < 1.29 is 63.0 Å². The molecule has 1 aliphatic heterocycles. The highest BCUT2D eigenvalue weighted by atomic mass is 16.6. The number of carbonyl (C=O) groups is 5. The molecule has 330 valence electrons. The summed E-state index contributed by atoms with van der Waals surface area (Å²) in [6, 6.07) is 23.7. The van der Waals surface area contributed by atoms with Gasteiger partial charge in [0.25, 0.3) is 5.91 Å². The van der Waals surface area contributed by atoms with E-state index in [9.17, 15) is 34.5 Å². The summed E-state index contributed by atoms with van der Waals surface area (Å²) in [5, 5.41) is 40.4. The van der Waals surface area contributed by atoms with Crippen molar-refractivity contribution in [3.63, 3.8) is 0 Å². The molecule has 4 N–H and O–H groups in total. The van der Waals surface area contributed by atoms with Crippen molar-refractivity contribution in [2.45, 2.75) is 115 Å². The van der Waals surface area contributed by atoms with Crippen LogP contribution in [-0.2, 0) is 38.1 Å². The van der Waals surface area contributed by atoms with E-state index in [-0.39, 0.29) is 24.2 Å². The van der Waals surface area contributed by atoms with Crippen LogP contribution in [0.15, 0.2) is 102 Å². The molecule has 12 atom stereocenters. The van der Waals surface area contributed by atoms with Gasteiger partial charge in [-0.25, -0.2) is 4.79 Å². The van der Waals surface area contributed by atoms with Gasteiger partial charge in [-0.3, -0.25) is 19.2 Å². The minimum atomic E-state index is -2.24. The van der Waals surface area contributed by atoms with Crippen LogP contribution in [0.2, 0.25) is 0 Å². The molecule has 3 fully saturated rings. The number of hydrogen-bond acceptors (Lipinski definition) is 13. The molecule has 1 heterocycles. The van der Waals surface area contributed by atoms with Crippen LogP contribution in [0.1, 0.15) is 93.6 Å². The molecule has 0 spiro atoms. The molecule has 62 heavy (non-hydrogen) atoms. The van der Waals surface area contributed by atoms with E-state index >= 15 is 4.79 Å². The molecular formula is C48H55NO13. The fourth-order valence-corrected chi connectivity index (χ4v) is 10.6. The van der Waals surface area contributed by atoms with Crippen LogP contribution in [0.25, 0.3) is 0 Å². The number of ether oxygens (including phenoxy) is 5. The largest absolute Gasteiger partial charge is 0.455 e. The Kier molecular flexibility index (Phi) is 12.1. The maximum Gasteiger partial charge on any atom is 0.338 e.